The third-order valence-corrected chi connectivity index (χ3v) is 6.01. The highest BCUT2D eigenvalue weighted by Gasteiger charge is 2.34. The number of rotatable bonds is 8. The molecule has 0 spiro atoms. The van der Waals surface area contributed by atoms with Crippen molar-refractivity contribution in [3.8, 4) is 5.75 Å². The molecule has 0 aliphatic carbocycles. The van der Waals surface area contributed by atoms with Gasteiger partial charge in [0, 0.05) is 52.7 Å². The summed E-state index contributed by atoms with van der Waals surface area (Å²) < 4.78 is 5.42. The number of carbonyl (C=O) groups is 2. The molecule has 2 aromatic carbocycles. The zero-order valence-electron chi connectivity index (χ0n) is 16.9. The highest BCUT2D eigenvalue weighted by molar-refractivity contribution is 6.35. The normalized spacial score (nSPS) is 19.2. The monoisotopic (exact) mass is 484 g/mol. The summed E-state index contributed by atoms with van der Waals surface area (Å²) in [5.41, 5.74) is 1.45. The zero-order valence-corrected chi connectivity index (χ0v) is 19.2. The first-order valence-electron chi connectivity index (χ1n) is 9.81. The van der Waals surface area contributed by atoms with Gasteiger partial charge in [-0.2, -0.15) is 0 Å². The van der Waals surface area contributed by atoms with Gasteiger partial charge in [-0.15, -0.1) is 0 Å². The first-order valence-corrected chi connectivity index (χ1v) is 10.9. The second kappa shape index (κ2) is 10.7. The number of Topliss-reactive ketones (excluding diaryl/α,β-unsaturated/α-hetero) is 1. The maximum Gasteiger partial charge on any atom is 0.341 e. The zero-order chi connectivity index (χ0) is 22.5. The first kappa shape index (κ1) is 23.8. The van der Waals surface area contributed by atoms with E-state index in [9.17, 15) is 9.59 Å². The lowest BCUT2D eigenvalue weighted by molar-refractivity contribution is -0.139. The Morgan fingerprint density at radius 1 is 1.13 bits per heavy atom. The van der Waals surface area contributed by atoms with Crippen molar-refractivity contribution in [3.63, 3.8) is 0 Å². The molecule has 1 aliphatic rings. The minimum atomic E-state index is -1.07. The predicted octanol–water partition coefficient (Wildman–Crippen LogP) is 4.08. The number of hydrogen-bond donors (Lipinski definition) is 2. The number of nitrogens with one attached hydrogen (secondary N) is 1. The van der Waals surface area contributed by atoms with Crippen LogP contribution in [0.1, 0.15) is 18.1 Å². The van der Waals surface area contributed by atoms with E-state index < -0.39 is 18.6 Å². The molecule has 2 N–H and O–H groups in total. The molecule has 0 amide bonds. The molecule has 31 heavy (non-hydrogen) atoms. The molecule has 1 fully saturated rings. The molecule has 1 unspecified atom stereocenters. The SMILES string of the molecule is C[C@@H]1NCCN(Cc2cc(Cl)ccc2OCC(=O)O)C1C(=O)Cc1ccc(Cl)cc1Cl. The van der Waals surface area contributed by atoms with Gasteiger partial charge in [0.25, 0.3) is 0 Å². The Morgan fingerprint density at radius 2 is 1.84 bits per heavy atom. The number of halogens is 3. The van der Waals surface area contributed by atoms with E-state index >= 15 is 0 Å². The fourth-order valence-corrected chi connectivity index (χ4v) is 4.46. The van der Waals surface area contributed by atoms with E-state index in [1.165, 1.54) is 0 Å². The average Bonchev–Trinajstić information content (AvgIpc) is 2.69. The van der Waals surface area contributed by atoms with Gasteiger partial charge in [-0.3, -0.25) is 9.69 Å². The summed E-state index contributed by atoms with van der Waals surface area (Å²) in [7, 11) is 0. The van der Waals surface area contributed by atoms with Crippen molar-refractivity contribution in [2.45, 2.75) is 32.0 Å². The maximum absolute atomic E-state index is 13.3. The molecule has 0 aromatic heterocycles. The predicted molar refractivity (Wildman–Crippen MR) is 121 cm³/mol. The Balaban J connectivity index is 1.81. The highest BCUT2D eigenvalue weighted by Crippen LogP contribution is 2.27. The Kier molecular flexibility index (Phi) is 8.19. The van der Waals surface area contributed by atoms with Crippen LogP contribution in [0.15, 0.2) is 36.4 Å². The van der Waals surface area contributed by atoms with Crippen LogP contribution in [0, 0.1) is 0 Å². The van der Waals surface area contributed by atoms with Crippen molar-refractivity contribution < 1.29 is 19.4 Å². The fourth-order valence-electron chi connectivity index (χ4n) is 3.79. The minimum Gasteiger partial charge on any atom is -0.482 e. The Bertz CT molecular complexity index is 970. The van der Waals surface area contributed by atoms with Crippen LogP contribution < -0.4 is 10.1 Å². The van der Waals surface area contributed by atoms with Gasteiger partial charge in [0.15, 0.2) is 12.4 Å². The summed E-state index contributed by atoms with van der Waals surface area (Å²) in [6.45, 7) is 3.27. The van der Waals surface area contributed by atoms with Gasteiger partial charge in [-0.1, -0.05) is 40.9 Å². The fraction of sp³-hybridized carbons (Fsp3) is 0.364. The Hall–Kier alpha value is -1.83. The average molecular weight is 486 g/mol. The lowest BCUT2D eigenvalue weighted by atomic mass is 9.95. The Morgan fingerprint density at radius 3 is 2.55 bits per heavy atom. The molecular formula is C22H23Cl3N2O4. The quantitative estimate of drug-likeness (QED) is 0.586. The van der Waals surface area contributed by atoms with E-state index in [1.54, 1.807) is 36.4 Å². The van der Waals surface area contributed by atoms with Crippen LogP contribution in [0.3, 0.4) is 0 Å². The van der Waals surface area contributed by atoms with Crippen molar-refractivity contribution >= 4 is 46.6 Å². The van der Waals surface area contributed by atoms with Crippen molar-refractivity contribution in [3.05, 3.63) is 62.6 Å². The number of ketones is 1. The number of piperazine rings is 1. The molecule has 0 saturated carbocycles. The van der Waals surface area contributed by atoms with E-state index in [2.05, 4.69) is 10.2 Å². The molecular weight excluding hydrogens is 463 g/mol. The van der Waals surface area contributed by atoms with Gasteiger partial charge in [-0.05, 0) is 42.8 Å². The molecule has 0 bridgehead atoms. The third kappa shape index (κ3) is 6.34. The molecule has 6 nitrogen and oxygen atoms in total. The lowest BCUT2D eigenvalue weighted by Crippen LogP contribution is -2.59. The van der Waals surface area contributed by atoms with Gasteiger partial charge >= 0.3 is 5.97 Å². The number of nitrogens with zero attached hydrogens (tertiary/aromatic N) is 1. The molecule has 1 saturated heterocycles. The summed E-state index contributed by atoms with van der Waals surface area (Å²) >= 11 is 18.4. The van der Waals surface area contributed by atoms with Gasteiger partial charge < -0.3 is 15.2 Å². The van der Waals surface area contributed by atoms with Crippen LogP contribution >= 0.6 is 34.8 Å². The molecule has 1 aliphatic heterocycles. The Labute approximate surface area is 196 Å². The van der Waals surface area contributed by atoms with Crippen molar-refractivity contribution in [1.29, 1.82) is 0 Å². The van der Waals surface area contributed by atoms with Crippen LogP contribution in [-0.2, 0) is 22.6 Å². The number of hydrogen-bond acceptors (Lipinski definition) is 5. The molecule has 2 aromatic rings. The second-order valence-electron chi connectivity index (χ2n) is 7.47. The molecule has 166 valence electrons. The second-order valence-corrected chi connectivity index (χ2v) is 8.75. The van der Waals surface area contributed by atoms with Crippen LogP contribution in [0.4, 0.5) is 0 Å². The molecule has 9 heteroatoms. The van der Waals surface area contributed by atoms with Crippen LogP contribution in [-0.4, -0.2) is 53.5 Å². The summed E-state index contributed by atoms with van der Waals surface area (Å²) in [6, 6.07) is 9.68. The highest BCUT2D eigenvalue weighted by atomic mass is 35.5. The summed E-state index contributed by atoms with van der Waals surface area (Å²) in [6.07, 6.45) is 0.182. The largest absolute Gasteiger partial charge is 0.482 e. The molecule has 0 radical (unpaired) electrons. The number of carbonyl (C=O) groups excluding carboxylic acids is 1. The first-order chi connectivity index (χ1) is 14.7. The van der Waals surface area contributed by atoms with Crippen molar-refractivity contribution in [1.82, 2.24) is 10.2 Å². The van der Waals surface area contributed by atoms with Gasteiger partial charge in [0.2, 0.25) is 0 Å². The molecule has 2 atom stereocenters. The number of carboxylic acids is 1. The van der Waals surface area contributed by atoms with Crippen LogP contribution in [0.25, 0.3) is 0 Å². The standard InChI is InChI=1S/C22H23Cl3N2O4/c1-13-22(19(28)9-14-2-3-17(24)10-18(14)25)27(7-6-26-13)11-15-8-16(23)4-5-20(15)31-12-21(29)30/h2-5,8,10,13,22,26H,6-7,9,11-12H2,1H3,(H,29,30)/t13-,22?/m0/s1. The summed E-state index contributed by atoms with van der Waals surface area (Å²) in [5.74, 6) is -0.603. The minimum absolute atomic E-state index is 0.0268. The van der Waals surface area contributed by atoms with E-state index in [-0.39, 0.29) is 18.2 Å². The van der Waals surface area contributed by atoms with E-state index in [0.29, 0.717) is 33.9 Å². The smallest absolute Gasteiger partial charge is 0.341 e. The molecule has 1 heterocycles. The van der Waals surface area contributed by atoms with Crippen molar-refractivity contribution in [2.24, 2.45) is 0 Å². The van der Waals surface area contributed by atoms with E-state index in [4.69, 9.17) is 44.6 Å². The molecule has 3 rings (SSSR count). The summed E-state index contributed by atoms with van der Waals surface area (Å²) in [4.78, 5) is 26.3. The van der Waals surface area contributed by atoms with Crippen LogP contribution in [0.2, 0.25) is 15.1 Å². The maximum atomic E-state index is 13.3. The number of aliphatic carboxylic acids is 1. The topological polar surface area (TPSA) is 78.9 Å². The van der Waals surface area contributed by atoms with Gasteiger partial charge in [0.1, 0.15) is 5.75 Å². The van der Waals surface area contributed by atoms with E-state index in [0.717, 1.165) is 17.7 Å². The van der Waals surface area contributed by atoms with Crippen molar-refractivity contribution in [2.75, 3.05) is 19.7 Å². The lowest BCUT2D eigenvalue weighted by Gasteiger charge is -2.40. The third-order valence-electron chi connectivity index (χ3n) is 5.19. The van der Waals surface area contributed by atoms with Crippen LogP contribution in [0.5, 0.6) is 5.75 Å². The van der Waals surface area contributed by atoms with Gasteiger partial charge in [-0.25, -0.2) is 4.79 Å². The number of ether oxygens (including phenoxy) is 1. The number of carboxylic acid groups (broad SMARTS) is 1. The van der Waals surface area contributed by atoms with E-state index in [1.807, 2.05) is 6.92 Å². The number of benzene rings is 2. The van der Waals surface area contributed by atoms with Gasteiger partial charge in [0.05, 0.1) is 6.04 Å². The summed E-state index contributed by atoms with van der Waals surface area (Å²) in [5, 5.41) is 13.8.